The third-order valence-corrected chi connectivity index (χ3v) is 2.19. The summed E-state index contributed by atoms with van der Waals surface area (Å²) in [7, 11) is 0. The lowest BCUT2D eigenvalue weighted by molar-refractivity contribution is 1.08. The third kappa shape index (κ3) is 2.62. The van der Waals surface area contributed by atoms with E-state index in [1.807, 2.05) is 6.07 Å². The molecule has 70 valence electrons. The van der Waals surface area contributed by atoms with E-state index < -0.39 is 0 Å². The van der Waals surface area contributed by atoms with Crippen LogP contribution < -0.4 is 5.73 Å². The van der Waals surface area contributed by atoms with Gasteiger partial charge >= 0.3 is 0 Å². The van der Waals surface area contributed by atoms with Crippen LogP contribution in [0.4, 0.5) is 0 Å². The average molecular weight is 175 g/mol. The lowest BCUT2D eigenvalue weighted by Gasteiger charge is -2.03. The summed E-state index contributed by atoms with van der Waals surface area (Å²) in [5.41, 5.74) is 9.35. The normalized spacial score (nSPS) is 11.7. The van der Waals surface area contributed by atoms with Crippen LogP contribution >= 0.6 is 0 Å². The fourth-order valence-corrected chi connectivity index (χ4v) is 1.30. The summed E-state index contributed by atoms with van der Waals surface area (Å²) in [5.74, 6) is 0. The van der Waals surface area contributed by atoms with Crippen LogP contribution in [-0.4, -0.2) is 0 Å². The van der Waals surface area contributed by atoms with Crippen LogP contribution in [0.3, 0.4) is 0 Å². The van der Waals surface area contributed by atoms with Crippen LogP contribution in [0.2, 0.25) is 0 Å². The highest BCUT2D eigenvalue weighted by atomic mass is 14.6. The molecule has 1 aromatic rings. The van der Waals surface area contributed by atoms with Gasteiger partial charge in [0.25, 0.3) is 0 Å². The van der Waals surface area contributed by atoms with Crippen molar-refractivity contribution in [3.05, 3.63) is 41.1 Å². The van der Waals surface area contributed by atoms with Gasteiger partial charge in [-0.3, -0.25) is 0 Å². The molecule has 0 fully saturated rings. The fraction of sp³-hybridized carbons (Fsp3) is 0.333. The van der Waals surface area contributed by atoms with Gasteiger partial charge in [-0.1, -0.05) is 38.1 Å². The van der Waals surface area contributed by atoms with Crippen LogP contribution in [0.1, 0.15) is 31.4 Å². The Morgan fingerprint density at radius 3 is 2.62 bits per heavy atom. The first-order valence-electron chi connectivity index (χ1n) is 4.81. The minimum atomic E-state index is 0.915. The molecule has 1 heteroatoms. The van der Waals surface area contributed by atoms with Gasteiger partial charge in [0.15, 0.2) is 0 Å². The monoisotopic (exact) mass is 175 g/mol. The Morgan fingerprint density at radius 1 is 1.31 bits per heavy atom. The van der Waals surface area contributed by atoms with Crippen LogP contribution in [-0.2, 0) is 6.42 Å². The molecule has 2 N–H and O–H groups in total. The second-order valence-electron chi connectivity index (χ2n) is 3.13. The Kier molecular flexibility index (Phi) is 3.56. The third-order valence-electron chi connectivity index (χ3n) is 2.19. The van der Waals surface area contributed by atoms with E-state index in [-0.39, 0.29) is 0 Å². The molecule has 1 aromatic carbocycles. The van der Waals surface area contributed by atoms with Crippen LogP contribution in [0.15, 0.2) is 30.0 Å². The summed E-state index contributed by atoms with van der Waals surface area (Å²) in [6.07, 6.45) is 4.04. The largest absolute Gasteiger partial charge is 0.402 e. The van der Waals surface area contributed by atoms with E-state index in [0.717, 1.165) is 18.5 Å². The Labute approximate surface area is 80.3 Å². The molecule has 0 amide bonds. The maximum absolute atomic E-state index is 5.79. The predicted octanol–water partition coefficient (Wildman–Crippen LogP) is 2.96. The Hall–Kier alpha value is -1.24. The molecule has 0 bridgehead atoms. The minimum Gasteiger partial charge on any atom is -0.402 e. The highest BCUT2D eigenvalue weighted by Gasteiger charge is 1.96. The minimum absolute atomic E-state index is 0.915. The molecule has 0 saturated carbocycles. The lowest BCUT2D eigenvalue weighted by Crippen LogP contribution is -1.95. The van der Waals surface area contributed by atoms with Gasteiger partial charge in [-0.2, -0.15) is 0 Å². The van der Waals surface area contributed by atoms with Gasteiger partial charge in [-0.05, 0) is 30.0 Å². The first-order valence-corrected chi connectivity index (χ1v) is 4.81. The highest BCUT2D eigenvalue weighted by molar-refractivity contribution is 5.55. The molecule has 0 aliphatic rings. The van der Waals surface area contributed by atoms with Gasteiger partial charge in [-0.25, -0.2) is 0 Å². The van der Waals surface area contributed by atoms with E-state index in [0.29, 0.717) is 0 Å². The quantitative estimate of drug-likeness (QED) is 0.751. The van der Waals surface area contributed by atoms with Gasteiger partial charge < -0.3 is 5.73 Å². The number of allylic oxidation sites excluding steroid dienone is 1. The fourth-order valence-electron chi connectivity index (χ4n) is 1.30. The van der Waals surface area contributed by atoms with E-state index in [2.05, 4.69) is 38.1 Å². The maximum atomic E-state index is 5.79. The Balaban J connectivity index is 2.99. The molecule has 0 aromatic heterocycles. The summed E-state index contributed by atoms with van der Waals surface area (Å²) >= 11 is 0. The molecule has 1 nitrogen and oxygen atoms in total. The van der Waals surface area contributed by atoms with Gasteiger partial charge in [0, 0.05) is 5.70 Å². The molecule has 0 aliphatic heterocycles. The number of hydrogen-bond donors (Lipinski definition) is 1. The first kappa shape index (κ1) is 9.85. The van der Waals surface area contributed by atoms with Gasteiger partial charge in [-0.15, -0.1) is 0 Å². The second-order valence-corrected chi connectivity index (χ2v) is 3.13. The standard InChI is InChI=1S/C12H17N/c1-3-10-7-5-6-8-11(10)9-12(13)4-2/h5-9H,3-4,13H2,1-2H3. The summed E-state index contributed by atoms with van der Waals surface area (Å²) in [5, 5.41) is 0. The van der Waals surface area contributed by atoms with Crippen molar-refractivity contribution in [1.29, 1.82) is 0 Å². The molecule has 0 unspecified atom stereocenters. The molecule has 0 saturated heterocycles. The topological polar surface area (TPSA) is 26.0 Å². The van der Waals surface area contributed by atoms with Crippen LogP contribution in [0.25, 0.3) is 6.08 Å². The van der Waals surface area contributed by atoms with Crippen molar-refractivity contribution in [3.8, 4) is 0 Å². The number of aryl methyl sites for hydroxylation is 1. The van der Waals surface area contributed by atoms with Gasteiger partial charge in [0.05, 0.1) is 0 Å². The maximum Gasteiger partial charge on any atom is 0.00837 e. The zero-order valence-corrected chi connectivity index (χ0v) is 8.38. The molecule has 0 atom stereocenters. The van der Waals surface area contributed by atoms with Crippen molar-refractivity contribution in [1.82, 2.24) is 0 Å². The van der Waals surface area contributed by atoms with Crippen LogP contribution in [0, 0.1) is 0 Å². The SMILES string of the molecule is CCC(N)=Cc1ccccc1CC. The molecule has 1 rings (SSSR count). The van der Waals surface area contributed by atoms with Crippen molar-refractivity contribution in [2.75, 3.05) is 0 Å². The molecule has 13 heavy (non-hydrogen) atoms. The predicted molar refractivity (Wildman–Crippen MR) is 58.3 cm³/mol. The van der Waals surface area contributed by atoms with E-state index in [1.54, 1.807) is 0 Å². The van der Waals surface area contributed by atoms with Crippen molar-refractivity contribution < 1.29 is 0 Å². The van der Waals surface area contributed by atoms with E-state index >= 15 is 0 Å². The van der Waals surface area contributed by atoms with Crippen LogP contribution in [0.5, 0.6) is 0 Å². The van der Waals surface area contributed by atoms with Crippen molar-refractivity contribution >= 4 is 6.08 Å². The smallest absolute Gasteiger partial charge is 0.00837 e. The molecule has 0 radical (unpaired) electrons. The van der Waals surface area contributed by atoms with Crippen molar-refractivity contribution in [3.63, 3.8) is 0 Å². The van der Waals surface area contributed by atoms with E-state index in [9.17, 15) is 0 Å². The first-order chi connectivity index (χ1) is 6.27. The number of hydrogen-bond acceptors (Lipinski definition) is 1. The van der Waals surface area contributed by atoms with E-state index in [1.165, 1.54) is 11.1 Å². The molecular formula is C12H17N. The zero-order chi connectivity index (χ0) is 9.68. The van der Waals surface area contributed by atoms with Gasteiger partial charge in [0.2, 0.25) is 0 Å². The summed E-state index contributed by atoms with van der Waals surface area (Å²) in [4.78, 5) is 0. The number of nitrogens with two attached hydrogens (primary N) is 1. The molecular weight excluding hydrogens is 158 g/mol. The number of benzene rings is 1. The van der Waals surface area contributed by atoms with E-state index in [4.69, 9.17) is 5.73 Å². The lowest BCUT2D eigenvalue weighted by atomic mass is 10.0. The molecule has 0 heterocycles. The van der Waals surface area contributed by atoms with Crippen molar-refractivity contribution in [2.45, 2.75) is 26.7 Å². The Morgan fingerprint density at radius 2 is 2.00 bits per heavy atom. The second kappa shape index (κ2) is 4.70. The average Bonchev–Trinajstić information content (AvgIpc) is 2.18. The zero-order valence-electron chi connectivity index (χ0n) is 8.38. The number of rotatable bonds is 3. The molecule has 0 aliphatic carbocycles. The summed E-state index contributed by atoms with van der Waals surface area (Å²) < 4.78 is 0. The molecule has 0 spiro atoms. The summed E-state index contributed by atoms with van der Waals surface area (Å²) in [6.45, 7) is 4.23. The Bertz CT molecular complexity index is 300. The highest BCUT2D eigenvalue weighted by Crippen LogP contribution is 2.12. The van der Waals surface area contributed by atoms with Gasteiger partial charge in [0.1, 0.15) is 0 Å². The van der Waals surface area contributed by atoms with Crippen molar-refractivity contribution in [2.24, 2.45) is 5.73 Å². The summed E-state index contributed by atoms with van der Waals surface area (Å²) in [6, 6.07) is 8.38.